The van der Waals surface area contributed by atoms with Gasteiger partial charge in [0.05, 0.1) is 15.9 Å². The lowest BCUT2D eigenvalue weighted by atomic mass is 10.0. The minimum absolute atomic E-state index is 0.0240. The molecule has 160 valence electrons. The molecular weight excluding hydrogens is 434 g/mol. The van der Waals surface area contributed by atoms with Gasteiger partial charge in [-0.15, -0.1) is 11.3 Å². The van der Waals surface area contributed by atoms with Gasteiger partial charge >= 0.3 is 11.1 Å². The van der Waals surface area contributed by atoms with E-state index in [-0.39, 0.29) is 10.4 Å². The number of benzene rings is 2. The van der Waals surface area contributed by atoms with Crippen molar-refractivity contribution < 1.29 is 8.42 Å². The molecule has 0 unspecified atom stereocenters. The van der Waals surface area contributed by atoms with Crippen LogP contribution >= 0.6 is 11.3 Å². The van der Waals surface area contributed by atoms with Gasteiger partial charge in [-0.1, -0.05) is 0 Å². The second-order valence-electron chi connectivity index (χ2n) is 7.57. The van der Waals surface area contributed by atoms with Crippen LogP contribution in [0.15, 0.2) is 50.9 Å². The van der Waals surface area contributed by atoms with Crippen LogP contribution in [-0.2, 0) is 10.0 Å². The molecule has 4 aromatic rings. The molecule has 0 amide bonds. The molecule has 0 saturated heterocycles. The molecule has 0 bridgehead atoms. The zero-order valence-electron chi connectivity index (χ0n) is 17.4. The number of anilines is 1. The number of sulfonamides is 1. The number of rotatable bonds is 4. The smallest absolute Gasteiger partial charge is 0.314 e. The first-order chi connectivity index (χ1) is 14.5. The monoisotopic (exact) mass is 455 g/mol. The Balaban J connectivity index is 1.75. The number of aromatic amines is 2. The summed E-state index contributed by atoms with van der Waals surface area (Å²) in [5.74, 6) is 0. The third kappa shape index (κ3) is 3.94. The van der Waals surface area contributed by atoms with Gasteiger partial charge in [0.1, 0.15) is 0 Å². The molecule has 3 N–H and O–H groups in total. The van der Waals surface area contributed by atoms with E-state index in [1.807, 2.05) is 26.0 Å². The average molecular weight is 456 g/mol. The van der Waals surface area contributed by atoms with Crippen LogP contribution in [0, 0.1) is 27.7 Å². The SMILES string of the molecule is Cc1ccc(-c2c(C)cc(NS(=O)(=O)c3cc4[nH]c(=O)c(=O)[nH]c4cc3C)cc2C)s1. The molecule has 4 rings (SSSR count). The molecule has 0 fully saturated rings. The Kier molecular flexibility index (Phi) is 5.10. The highest BCUT2D eigenvalue weighted by Crippen LogP contribution is 2.35. The summed E-state index contributed by atoms with van der Waals surface area (Å²) in [6.07, 6.45) is 0. The number of hydrogen-bond donors (Lipinski definition) is 3. The minimum Gasteiger partial charge on any atom is -0.316 e. The summed E-state index contributed by atoms with van der Waals surface area (Å²) >= 11 is 1.70. The van der Waals surface area contributed by atoms with E-state index in [1.54, 1.807) is 18.3 Å². The number of H-pyrrole nitrogens is 2. The van der Waals surface area contributed by atoms with Crippen molar-refractivity contribution in [3.63, 3.8) is 0 Å². The Morgan fingerprint density at radius 2 is 1.39 bits per heavy atom. The van der Waals surface area contributed by atoms with Crippen LogP contribution in [0.3, 0.4) is 0 Å². The summed E-state index contributed by atoms with van der Waals surface area (Å²) in [7, 11) is -3.93. The average Bonchev–Trinajstić information content (AvgIpc) is 3.07. The van der Waals surface area contributed by atoms with Gasteiger partial charge in [0.2, 0.25) is 0 Å². The van der Waals surface area contributed by atoms with Crippen LogP contribution in [0.4, 0.5) is 5.69 Å². The lowest BCUT2D eigenvalue weighted by molar-refractivity contribution is 0.600. The van der Waals surface area contributed by atoms with E-state index in [1.165, 1.54) is 17.0 Å². The summed E-state index contributed by atoms with van der Waals surface area (Å²) in [5, 5.41) is 0. The highest BCUT2D eigenvalue weighted by Gasteiger charge is 2.20. The van der Waals surface area contributed by atoms with Gasteiger partial charge in [0, 0.05) is 15.4 Å². The van der Waals surface area contributed by atoms with Crippen molar-refractivity contribution in [2.75, 3.05) is 4.72 Å². The standard InChI is InChI=1S/C22H21N3O4S2/c1-11-9-16-17(24-22(27)21(26)23-16)10-19(11)31(28,29)25-15-7-12(2)20(13(3)8-15)18-6-5-14(4)30-18/h5-10,25H,1-4H3,(H,23,26)(H,24,27). The molecule has 0 saturated carbocycles. The maximum absolute atomic E-state index is 13.1. The number of aryl methyl sites for hydroxylation is 4. The first-order valence-electron chi connectivity index (χ1n) is 9.53. The number of nitrogens with one attached hydrogen (secondary N) is 3. The summed E-state index contributed by atoms with van der Waals surface area (Å²) in [4.78, 5) is 30.4. The van der Waals surface area contributed by atoms with E-state index in [0.717, 1.165) is 21.6 Å². The van der Waals surface area contributed by atoms with Crippen LogP contribution in [0.5, 0.6) is 0 Å². The maximum atomic E-state index is 13.1. The van der Waals surface area contributed by atoms with E-state index >= 15 is 0 Å². The van der Waals surface area contributed by atoms with Crippen molar-refractivity contribution in [2.24, 2.45) is 0 Å². The first kappa shape index (κ1) is 21.1. The number of hydrogen-bond acceptors (Lipinski definition) is 5. The second-order valence-corrected chi connectivity index (χ2v) is 10.5. The van der Waals surface area contributed by atoms with Gasteiger partial charge in [-0.25, -0.2) is 8.42 Å². The Morgan fingerprint density at radius 1 is 0.806 bits per heavy atom. The summed E-state index contributed by atoms with van der Waals surface area (Å²) in [5.41, 5.74) is 2.93. The molecule has 2 aromatic carbocycles. The van der Waals surface area contributed by atoms with E-state index in [4.69, 9.17) is 0 Å². The van der Waals surface area contributed by atoms with Gasteiger partial charge in [-0.05, 0) is 86.3 Å². The van der Waals surface area contributed by atoms with Crippen molar-refractivity contribution >= 4 is 38.1 Å². The zero-order valence-corrected chi connectivity index (χ0v) is 19.0. The van der Waals surface area contributed by atoms with Crippen molar-refractivity contribution in [2.45, 2.75) is 32.6 Å². The normalized spacial score (nSPS) is 11.7. The van der Waals surface area contributed by atoms with E-state index in [2.05, 4.69) is 33.7 Å². The predicted molar refractivity (Wildman–Crippen MR) is 125 cm³/mol. The van der Waals surface area contributed by atoms with E-state index < -0.39 is 21.1 Å². The summed E-state index contributed by atoms with van der Waals surface area (Å²) in [6.45, 7) is 7.60. The van der Waals surface area contributed by atoms with Crippen molar-refractivity contribution in [1.29, 1.82) is 0 Å². The topological polar surface area (TPSA) is 112 Å². The van der Waals surface area contributed by atoms with Crippen LogP contribution < -0.4 is 15.8 Å². The quantitative estimate of drug-likeness (QED) is 0.404. The van der Waals surface area contributed by atoms with Crippen molar-refractivity contribution in [1.82, 2.24) is 9.97 Å². The van der Waals surface area contributed by atoms with Crippen LogP contribution in [0.1, 0.15) is 21.6 Å². The maximum Gasteiger partial charge on any atom is 0.314 e. The minimum atomic E-state index is -3.93. The van der Waals surface area contributed by atoms with Gasteiger partial charge in [-0.3, -0.25) is 14.3 Å². The third-order valence-electron chi connectivity index (χ3n) is 5.08. The lowest BCUT2D eigenvalue weighted by Gasteiger charge is -2.15. The van der Waals surface area contributed by atoms with E-state index in [9.17, 15) is 18.0 Å². The van der Waals surface area contributed by atoms with Gasteiger partial charge in [0.15, 0.2) is 0 Å². The number of fused-ring (bicyclic) bond motifs is 1. The molecule has 2 aromatic heterocycles. The van der Waals surface area contributed by atoms with Gasteiger partial charge < -0.3 is 9.97 Å². The highest BCUT2D eigenvalue weighted by molar-refractivity contribution is 7.92. The zero-order chi connectivity index (χ0) is 22.5. The Morgan fingerprint density at radius 3 is 1.94 bits per heavy atom. The fourth-order valence-electron chi connectivity index (χ4n) is 3.73. The largest absolute Gasteiger partial charge is 0.316 e. The first-order valence-corrected chi connectivity index (χ1v) is 11.8. The Hall–Kier alpha value is -3.17. The highest BCUT2D eigenvalue weighted by atomic mass is 32.2. The number of aromatic nitrogens is 2. The molecule has 0 radical (unpaired) electrons. The van der Waals surface area contributed by atoms with E-state index in [0.29, 0.717) is 16.8 Å². The van der Waals surface area contributed by atoms with Crippen LogP contribution in [0.2, 0.25) is 0 Å². The molecule has 31 heavy (non-hydrogen) atoms. The predicted octanol–water partition coefficient (Wildman–Crippen LogP) is 3.98. The molecule has 9 heteroatoms. The third-order valence-corrected chi connectivity index (χ3v) is 7.62. The van der Waals surface area contributed by atoms with Gasteiger partial charge in [0.25, 0.3) is 10.0 Å². The van der Waals surface area contributed by atoms with Crippen molar-refractivity contribution in [3.8, 4) is 10.4 Å². The molecular formula is C22H21N3O4S2. The molecule has 0 spiro atoms. The Bertz CT molecular complexity index is 1540. The van der Waals surface area contributed by atoms with Crippen LogP contribution in [0.25, 0.3) is 21.5 Å². The molecule has 0 atom stereocenters. The van der Waals surface area contributed by atoms with Crippen LogP contribution in [-0.4, -0.2) is 18.4 Å². The fraction of sp³-hybridized carbons (Fsp3) is 0.182. The van der Waals surface area contributed by atoms with Crippen molar-refractivity contribution in [3.05, 3.63) is 78.7 Å². The summed E-state index contributed by atoms with van der Waals surface area (Å²) in [6, 6.07) is 10.6. The van der Waals surface area contributed by atoms with Gasteiger partial charge in [-0.2, -0.15) is 0 Å². The molecule has 0 aliphatic carbocycles. The molecule has 0 aliphatic heterocycles. The second kappa shape index (κ2) is 7.51. The Labute approximate surface area is 182 Å². The fourth-order valence-corrected chi connectivity index (χ4v) is 6.07. The lowest BCUT2D eigenvalue weighted by Crippen LogP contribution is -2.29. The molecule has 7 nitrogen and oxygen atoms in total. The molecule has 2 heterocycles. The molecule has 0 aliphatic rings. The summed E-state index contributed by atoms with van der Waals surface area (Å²) < 4.78 is 28.9. The number of thiophene rings is 1.